The predicted octanol–water partition coefficient (Wildman–Crippen LogP) is 3.57. The number of carbonyl (C=O) groups excluding carboxylic acids is 1. The van der Waals surface area contributed by atoms with Crippen LogP contribution in [0.2, 0.25) is 0 Å². The minimum Gasteiger partial charge on any atom is -0.477 e. The number of fused-ring (bicyclic) bond motifs is 1. The standard InChI is InChI=1S/C21H17FN4O3/c1-12-3-2-4-15(9-12)24-20(27)16-11-23-26-18(13-5-7-14(22)8-6-13)10-17(21(28)29)25-19(16)26/h2-11,18,25H,1H3,(H,24,27)(H,28,29). The summed E-state index contributed by atoms with van der Waals surface area (Å²) in [6.45, 7) is 1.91. The van der Waals surface area contributed by atoms with E-state index in [4.69, 9.17) is 0 Å². The first-order chi connectivity index (χ1) is 13.9. The van der Waals surface area contributed by atoms with Crippen molar-refractivity contribution in [3.8, 4) is 0 Å². The van der Waals surface area contributed by atoms with E-state index in [1.54, 1.807) is 18.2 Å². The highest BCUT2D eigenvalue weighted by Gasteiger charge is 2.29. The molecule has 1 unspecified atom stereocenters. The van der Waals surface area contributed by atoms with E-state index in [2.05, 4.69) is 15.7 Å². The van der Waals surface area contributed by atoms with Crippen LogP contribution in [-0.2, 0) is 4.79 Å². The van der Waals surface area contributed by atoms with Gasteiger partial charge in [0.1, 0.15) is 22.9 Å². The Morgan fingerprint density at radius 1 is 1.21 bits per heavy atom. The van der Waals surface area contributed by atoms with Gasteiger partial charge in [0.15, 0.2) is 0 Å². The van der Waals surface area contributed by atoms with Crippen LogP contribution in [0, 0.1) is 12.7 Å². The van der Waals surface area contributed by atoms with Crippen LogP contribution in [0.3, 0.4) is 0 Å². The van der Waals surface area contributed by atoms with Crippen molar-refractivity contribution >= 4 is 23.4 Å². The Kier molecular flexibility index (Phi) is 4.59. The fraction of sp³-hybridized carbons (Fsp3) is 0.0952. The van der Waals surface area contributed by atoms with Crippen LogP contribution in [-0.4, -0.2) is 26.8 Å². The van der Waals surface area contributed by atoms with E-state index in [1.807, 2.05) is 25.1 Å². The Morgan fingerprint density at radius 2 is 1.97 bits per heavy atom. The number of benzene rings is 2. The van der Waals surface area contributed by atoms with Crippen LogP contribution in [0.4, 0.5) is 15.9 Å². The van der Waals surface area contributed by atoms with Crippen molar-refractivity contribution in [1.82, 2.24) is 9.78 Å². The maximum atomic E-state index is 13.3. The number of aliphatic carboxylic acids is 1. The molecular weight excluding hydrogens is 375 g/mol. The second-order valence-corrected chi connectivity index (χ2v) is 6.68. The van der Waals surface area contributed by atoms with E-state index in [9.17, 15) is 19.1 Å². The molecule has 3 N–H and O–H groups in total. The predicted molar refractivity (Wildman–Crippen MR) is 105 cm³/mol. The number of amides is 1. The summed E-state index contributed by atoms with van der Waals surface area (Å²) in [6.07, 6.45) is 2.85. The third-order valence-electron chi connectivity index (χ3n) is 4.60. The molecule has 3 aromatic rings. The molecule has 1 amide bonds. The van der Waals surface area contributed by atoms with E-state index >= 15 is 0 Å². The average Bonchev–Trinajstić information content (AvgIpc) is 3.12. The van der Waals surface area contributed by atoms with Gasteiger partial charge in [0.2, 0.25) is 0 Å². The van der Waals surface area contributed by atoms with Gasteiger partial charge in [-0.3, -0.25) is 4.79 Å². The molecule has 7 nitrogen and oxygen atoms in total. The van der Waals surface area contributed by atoms with Crippen molar-refractivity contribution in [1.29, 1.82) is 0 Å². The minimum atomic E-state index is -1.17. The normalized spacial score (nSPS) is 15.1. The van der Waals surface area contributed by atoms with Crippen LogP contribution in [0.25, 0.3) is 0 Å². The third-order valence-corrected chi connectivity index (χ3v) is 4.60. The summed E-state index contributed by atoms with van der Waals surface area (Å²) in [5.41, 5.74) is 2.37. The number of nitrogens with one attached hydrogen (secondary N) is 2. The molecular formula is C21H17FN4O3. The zero-order chi connectivity index (χ0) is 20.5. The maximum Gasteiger partial charge on any atom is 0.352 e. The lowest BCUT2D eigenvalue weighted by Gasteiger charge is -2.24. The topological polar surface area (TPSA) is 96.3 Å². The summed E-state index contributed by atoms with van der Waals surface area (Å²) in [4.78, 5) is 24.4. The fourth-order valence-corrected chi connectivity index (χ4v) is 3.20. The number of hydrogen-bond donors (Lipinski definition) is 3. The summed E-state index contributed by atoms with van der Waals surface area (Å²) in [7, 11) is 0. The van der Waals surface area contributed by atoms with E-state index < -0.39 is 23.7 Å². The number of nitrogens with zero attached hydrogens (tertiary/aromatic N) is 2. The second-order valence-electron chi connectivity index (χ2n) is 6.68. The van der Waals surface area contributed by atoms with E-state index in [1.165, 1.54) is 29.1 Å². The Bertz CT molecular complexity index is 1140. The SMILES string of the molecule is Cc1cccc(NC(=O)c2cnn3c2NC(C(=O)O)=CC3c2ccc(F)cc2)c1. The van der Waals surface area contributed by atoms with Gasteiger partial charge in [-0.05, 0) is 48.4 Å². The number of hydrogen-bond acceptors (Lipinski definition) is 4. The molecule has 1 aliphatic heterocycles. The Morgan fingerprint density at radius 3 is 2.66 bits per heavy atom. The number of carbonyl (C=O) groups is 2. The zero-order valence-electron chi connectivity index (χ0n) is 15.4. The first-order valence-electron chi connectivity index (χ1n) is 8.85. The van der Waals surface area contributed by atoms with Crippen molar-refractivity contribution in [2.24, 2.45) is 0 Å². The van der Waals surface area contributed by atoms with Gasteiger partial charge in [0.05, 0.1) is 12.2 Å². The number of allylic oxidation sites excluding steroid dienone is 1. The summed E-state index contributed by atoms with van der Waals surface area (Å²) < 4.78 is 14.8. The van der Waals surface area contributed by atoms with Gasteiger partial charge in [0, 0.05) is 5.69 Å². The molecule has 1 atom stereocenters. The average molecular weight is 392 g/mol. The van der Waals surface area contributed by atoms with E-state index in [0.29, 0.717) is 11.3 Å². The maximum absolute atomic E-state index is 13.3. The van der Waals surface area contributed by atoms with Crippen molar-refractivity contribution < 1.29 is 19.1 Å². The second kappa shape index (κ2) is 7.23. The monoisotopic (exact) mass is 392 g/mol. The largest absolute Gasteiger partial charge is 0.477 e. The van der Waals surface area contributed by atoms with Crippen molar-refractivity contribution in [2.45, 2.75) is 13.0 Å². The van der Waals surface area contributed by atoms with Crippen molar-refractivity contribution in [3.63, 3.8) is 0 Å². The number of anilines is 2. The quantitative estimate of drug-likeness (QED) is 0.631. The van der Waals surface area contributed by atoms with E-state index in [0.717, 1.165) is 5.56 Å². The highest BCUT2D eigenvalue weighted by molar-refractivity contribution is 6.08. The van der Waals surface area contributed by atoms with Gasteiger partial charge in [-0.15, -0.1) is 0 Å². The molecule has 0 fully saturated rings. The van der Waals surface area contributed by atoms with Gasteiger partial charge >= 0.3 is 5.97 Å². The molecule has 2 heterocycles. The van der Waals surface area contributed by atoms with Gasteiger partial charge in [0.25, 0.3) is 5.91 Å². The summed E-state index contributed by atoms with van der Waals surface area (Å²) in [6, 6.07) is 12.4. The third kappa shape index (κ3) is 3.60. The summed E-state index contributed by atoms with van der Waals surface area (Å²) in [5.74, 6) is -1.74. The highest BCUT2D eigenvalue weighted by atomic mass is 19.1. The lowest BCUT2D eigenvalue weighted by atomic mass is 10.0. The summed E-state index contributed by atoms with van der Waals surface area (Å²) in [5, 5.41) is 19.3. The highest BCUT2D eigenvalue weighted by Crippen LogP contribution is 2.32. The van der Waals surface area contributed by atoms with Crippen LogP contribution in [0.5, 0.6) is 0 Å². The molecule has 0 spiro atoms. The molecule has 1 aromatic heterocycles. The molecule has 0 bridgehead atoms. The molecule has 1 aliphatic rings. The van der Waals surface area contributed by atoms with Crippen molar-refractivity contribution in [2.75, 3.05) is 10.6 Å². The number of rotatable bonds is 4. The molecule has 0 radical (unpaired) electrons. The number of aromatic nitrogens is 2. The molecule has 0 saturated heterocycles. The van der Waals surface area contributed by atoms with Gasteiger partial charge < -0.3 is 15.7 Å². The van der Waals surface area contributed by atoms with Crippen LogP contribution in [0.15, 0.2) is 66.5 Å². The molecule has 2 aromatic carbocycles. The molecule has 0 saturated carbocycles. The molecule has 4 rings (SSSR count). The Hall–Kier alpha value is -3.94. The fourth-order valence-electron chi connectivity index (χ4n) is 3.20. The van der Waals surface area contributed by atoms with Gasteiger partial charge in [-0.25, -0.2) is 13.9 Å². The lowest BCUT2D eigenvalue weighted by Crippen LogP contribution is -2.25. The Balaban J connectivity index is 1.72. The van der Waals surface area contributed by atoms with Crippen LogP contribution >= 0.6 is 0 Å². The van der Waals surface area contributed by atoms with E-state index in [-0.39, 0.29) is 17.1 Å². The molecule has 0 aliphatic carbocycles. The molecule has 29 heavy (non-hydrogen) atoms. The Labute approximate surface area is 165 Å². The molecule has 146 valence electrons. The molecule has 8 heteroatoms. The minimum absolute atomic E-state index is 0.0862. The van der Waals surface area contributed by atoms with Crippen LogP contribution in [0.1, 0.15) is 27.5 Å². The van der Waals surface area contributed by atoms with Gasteiger partial charge in [-0.1, -0.05) is 24.3 Å². The first-order valence-corrected chi connectivity index (χ1v) is 8.85. The van der Waals surface area contributed by atoms with Crippen molar-refractivity contribution in [3.05, 3.63) is 89.0 Å². The zero-order valence-corrected chi connectivity index (χ0v) is 15.4. The number of aryl methyl sites for hydroxylation is 1. The van der Waals surface area contributed by atoms with Gasteiger partial charge in [-0.2, -0.15) is 5.10 Å². The lowest BCUT2D eigenvalue weighted by molar-refractivity contribution is -0.132. The number of carboxylic acid groups (broad SMARTS) is 1. The number of carboxylic acids is 1. The first kappa shape index (κ1) is 18.4. The smallest absolute Gasteiger partial charge is 0.352 e. The summed E-state index contributed by atoms with van der Waals surface area (Å²) >= 11 is 0. The van der Waals surface area contributed by atoms with Crippen LogP contribution < -0.4 is 10.6 Å². The number of halogens is 1.